The molecular weight excluding hydrogens is 214 g/mol. The van der Waals surface area contributed by atoms with Crippen LogP contribution in [0, 0.1) is 5.92 Å². The van der Waals surface area contributed by atoms with E-state index in [2.05, 4.69) is 27.6 Å². The van der Waals surface area contributed by atoms with Gasteiger partial charge in [0.2, 0.25) is 5.96 Å². The van der Waals surface area contributed by atoms with Gasteiger partial charge in [0.1, 0.15) is 0 Å². The first-order valence-electron chi connectivity index (χ1n) is 6.81. The Morgan fingerprint density at radius 2 is 2.00 bits per heavy atom. The second-order valence-electron chi connectivity index (χ2n) is 5.13. The summed E-state index contributed by atoms with van der Waals surface area (Å²) in [5.74, 6) is 6.95. The number of nitrogens with one attached hydrogen (secondary N) is 2. The van der Waals surface area contributed by atoms with Crippen molar-refractivity contribution in [2.24, 2.45) is 16.8 Å². The fourth-order valence-corrected chi connectivity index (χ4v) is 2.26. The molecule has 0 aromatic rings. The smallest absolute Gasteiger partial charge is 0.205 e. The van der Waals surface area contributed by atoms with Crippen LogP contribution in [0.2, 0.25) is 0 Å². The third-order valence-corrected chi connectivity index (χ3v) is 3.72. The van der Waals surface area contributed by atoms with E-state index in [1.165, 1.54) is 45.3 Å². The van der Waals surface area contributed by atoms with Crippen LogP contribution < -0.4 is 16.6 Å². The molecule has 1 aliphatic carbocycles. The van der Waals surface area contributed by atoms with Gasteiger partial charge in [-0.25, -0.2) is 5.84 Å². The summed E-state index contributed by atoms with van der Waals surface area (Å²) in [5, 5.41) is 3.30. The summed E-state index contributed by atoms with van der Waals surface area (Å²) >= 11 is 0. The Bertz CT molecular complexity index is 254. The highest BCUT2D eigenvalue weighted by Gasteiger charge is 2.22. The Morgan fingerprint density at radius 3 is 2.53 bits per heavy atom. The van der Waals surface area contributed by atoms with E-state index in [-0.39, 0.29) is 0 Å². The zero-order valence-corrected chi connectivity index (χ0v) is 10.8. The average Bonchev–Trinajstić information content (AvgIpc) is 3.19. The van der Waals surface area contributed by atoms with Gasteiger partial charge in [-0.3, -0.25) is 10.4 Å². The van der Waals surface area contributed by atoms with Crippen molar-refractivity contribution in [1.29, 1.82) is 0 Å². The van der Waals surface area contributed by atoms with Crippen LogP contribution in [0.25, 0.3) is 0 Å². The molecule has 0 amide bonds. The van der Waals surface area contributed by atoms with Crippen LogP contribution in [-0.4, -0.2) is 43.1 Å². The summed E-state index contributed by atoms with van der Waals surface area (Å²) in [7, 11) is 0. The van der Waals surface area contributed by atoms with E-state index >= 15 is 0 Å². The van der Waals surface area contributed by atoms with Crippen LogP contribution in [0.3, 0.4) is 0 Å². The van der Waals surface area contributed by atoms with E-state index in [4.69, 9.17) is 5.84 Å². The zero-order chi connectivity index (χ0) is 12.1. The van der Waals surface area contributed by atoms with Crippen molar-refractivity contribution in [2.75, 3.05) is 26.2 Å². The summed E-state index contributed by atoms with van der Waals surface area (Å²) in [6.45, 7) is 6.75. The molecule has 5 nitrogen and oxygen atoms in total. The number of likely N-dealkylation sites (tertiary alicyclic amines) is 1. The molecule has 0 spiro atoms. The second kappa shape index (κ2) is 6.21. The highest BCUT2D eigenvalue weighted by atomic mass is 15.3. The number of hydrogen-bond donors (Lipinski definition) is 3. The molecule has 1 saturated heterocycles. The Balaban J connectivity index is 1.70. The third-order valence-electron chi connectivity index (χ3n) is 3.72. The average molecular weight is 239 g/mol. The van der Waals surface area contributed by atoms with Gasteiger partial charge < -0.3 is 10.2 Å². The number of piperidine rings is 1. The predicted molar refractivity (Wildman–Crippen MR) is 70.6 cm³/mol. The molecular formula is C12H25N5. The first-order chi connectivity index (χ1) is 8.31. The maximum Gasteiger partial charge on any atom is 0.205 e. The molecule has 17 heavy (non-hydrogen) atoms. The molecule has 0 aromatic carbocycles. The molecule has 1 aliphatic heterocycles. The Hall–Kier alpha value is -0.810. The van der Waals surface area contributed by atoms with Crippen LogP contribution in [-0.2, 0) is 0 Å². The molecule has 0 radical (unpaired) electrons. The fraction of sp³-hybridized carbons (Fsp3) is 0.917. The number of nitrogens with zero attached hydrogens (tertiary/aromatic N) is 2. The Labute approximate surface area is 104 Å². The van der Waals surface area contributed by atoms with Crippen LogP contribution >= 0.6 is 0 Å². The standard InChI is InChI=1S/C12H25N5/c1-2-17-7-5-10(6-8-17)9-14-12(16-13)15-11-3-4-11/h10-11H,2-9,13H2,1H3,(H2,14,15,16). The van der Waals surface area contributed by atoms with Gasteiger partial charge in [0.15, 0.2) is 0 Å². The van der Waals surface area contributed by atoms with Crippen molar-refractivity contribution in [3.8, 4) is 0 Å². The third kappa shape index (κ3) is 4.16. The number of hydrazine groups is 1. The molecule has 5 heteroatoms. The topological polar surface area (TPSA) is 65.7 Å². The summed E-state index contributed by atoms with van der Waals surface area (Å²) in [4.78, 5) is 7.05. The van der Waals surface area contributed by atoms with E-state index in [1.54, 1.807) is 0 Å². The van der Waals surface area contributed by atoms with E-state index < -0.39 is 0 Å². The minimum Gasteiger partial charge on any atom is -0.353 e. The van der Waals surface area contributed by atoms with E-state index in [9.17, 15) is 0 Å². The largest absolute Gasteiger partial charge is 0.353 e. The van der Waals surface area contributed by atoms with Crippen LogP contribution in [0.4, 0.5) is 0 Å². The normalized spacial score (nSPS) is 23.8. The van der Waals surface area contributed by atoms with Gasteiger partial charge in [0.05, 0.1) is 0 Å². The number of rotatable bonds is 4. The highest BCUT2D eigenvalue weighted by Crippen LogP contribution is 2.19. The summed E-state index contributed by atoms with van der Waals surface area (Å²) in [5.41, 5.74) is 2.66. The number of hydrogen-bond acceptors (Lipinski definition) is 3. The molecule has 1 heterocycles. The maximum atomic E-state index is 5.46. The zero-order valence-electron chi connectivity index (χ0n) is 10.8. The monoisotopic (exact) mass is 239 g/mol. The van der Waals surface area contributed by atoms with Crippen molar-refractivity contribution < 1.29 is 0 Å². The number of aliphatic imine (C=N–C) groups is 1. The lowest BCUT2D eigenvalue weighted by Crippen LogP contribution is -2.43. The van der Waals surface area contributed by atoms with Gasteiger partial charge in [-0.2, -0.15) is 0 Å². The molecule has 98 valence electrons. The molecule has 2 fully saturated rings. The first kappa shape index (κ1) is 12.6. The van der Waals surface area contributed by atoms with Crippen molar-refractivity contribution in [3.05, 3.63) is 0 Å². The van der Waals surface area contributed by atoms with Gasteiger partial charge >= 0.3 is 0 Å². The molecule has 0 aromatic heterocycles. The lowest BCUT2D eigenvalue weighted by molar-refractivity contribution is 0.196. The lowest BCUT2D eigenvalue weighted by Gasteiger charge is -2.30. The van der Waals surface area contributed by atoms with Crippen LogP contribution in [0.1, 0.15) is 32.6 Å². The van der Waals surface area contributed by atoms with Gasteiger partial charge in [-0.05, 0) is 51.2 Å². The van der Waals surface area contributed by atoms with Crippen molar-refractivity contribution in [3.63, 3.8) is 0 Å². The molecule has 4 N–H and O–H groups in total. The minimum absolute atomic E-state index is 0.603. The summed E-state index contributed by atoms with van der Waals surface area (Å²) in [6.07, 6.45) is 5.02. The number of nitrogens with two attached hydrogens (primary N) is 1. The summed E-state index contributed by atoms with van der Waals surface area (Å²) < 4.78 is 0. The van der Waals surface area contributed by atoms with Crippen molar-refractivity contribution in [2.45, 2.75) is 38.6 Å². The van der Waals surface area contributed by atoms with Crippen LogP contribution in [0.15, 0.2) is 4.99 Å². The van der Waals surface area contributed by atoms with E-state index in [1.807, 2.05) is 0 Å². The Kier molecular flexibility index (Phi) is 4.62. The molecule has 2 rings (SSSR count). The molecule has 0 atom stereocenters. The second-order valence-corrected chi connectivity index (χ2v) is 5.13. The SMILES string of the molecule is CCN1CCC(CN=C(NN)NC2CC2)CC1. The van der Waals surface area contributed by atoms with Gasteiger partial charge in [-0.1, -0.05) is 6.92 Å². The minimum atomic E-state index is 0.603. The van der Waals surface area contributed by atoms with Crippen molar-refractivity contribution >= 4 is 5.96 Å². The van der Waals surface area contributed by atoms with E-state index in [0.29, 0.717) is 6.04 Å². The quantitative estimate of drug-likeness (QED) is 0.285. The molecule has 1 saturated carbocycles. The molecule has 0 unspecified atom stereocenters. The van der Waals surface area contributed by atoms with Crippen molar-refractivity contribution in [1.82, 2.24) is 15.6 Å². The molecule has 0 bridgehead atoms. The maximum absolute atomic E-state index is 5.46. The summed E-state index contributed by atoms with van der Waals surface area (Å²) in [6, 6.07) is 0.603. The van der Waals surface area contributed by atoms with Crippen LogP contribution in [0.5, 0.6) is 0 Å². The van der Waals surface area contributed by atoms with E-state index in [0.717, 1.165) is 18.4 Å². The first-order valence-corrected chi connectivity index (χ1v) is 6.81. The van der Waals surface area contributed by atoms with Gasteiger partial charge in [-0.15, -0.1) is 0 Å². The Morgan fingerprint density at radius 1 is 1.29 bits per heavy atom. The van der Waals surface area contributed by atoms with Gasteiger partial charge in [0.25, 0.3) is 0 Å². The number of guanidine groups is 1. The highest BCUT2D eigenvalue weighted by molar-refractivity contribution is 5.79. The predicted octanol–water partition coefficient (Wildman–Crippen LogP) is 0.290. The molecule has 2 aliphatic rings. The lowest BCUT2D eigenvalue weighted by atomic mass is 9.97. The fourth-order valence-electron chi connectivity index (χ4n) is 2.26. The van der Waals surface area contributed by atoms with Gasteiger partial charge in [0, 0.05) is 12.6 Å².